The zero-order valence-corrected chi connectivity index (χ0v) is 12.3. The Balaban J connectivity index is 2.21. The van der Waals surface area contributed by atoms with Gasteiger partial charge >= 0.3 is 0 Å². The molecule has 0 aliphatic heterocycles. The monoisotopic (exact) mass is 351 g/mol. The summed E-state index contributed by atoms with van der Waals surface area (Å²) in [5.41, 5.74) is 2.73. The first-order valence-electron chi connectivity index (χ1n) is 5.85. The van der Waals surface area contributed by atoms with E-state index < -0.39 is 0 Å². The van der Waals surface area contributed by atoms with Crippen molar-refractivity contribution in [1.82, 2.24) is 0 Å². The Morgan fingerprint density at radius 1 is 1.17 bits per heavy atom. The number of anilines is 1. The van der Waals surface area contributed by atoms with Crippen LogP contribution in [0.2, 0.25) is 0 Å². The van der Waals surface area contributed by atoms with E-state index in [-0.39, 0.29) is 5.91 Å². The molecule has 2 rings (SSSR count). The second-order valence-electron chi connectivity index (χ2n) is 3.98. The summed E-state index contributed by atoms with van der Waals surface area (Å²) in [5.74, 6) is -0.0607. The molecule has 0 saturated carbocycles. The Labute approximate surface area is 121 Å². The van der Waals surface area contributed by atoms with Gasteiger partial charge in [-0.1, -0.05) is 31.2 Å². The van der Waals surface area contributed by atoms with E-state index in [9.17, 15) is 4.79 Å². The molecule has 0 spiro atoms. The van der Waals surface area contributed by atoms with E-state index in [1.165, 1.54) is 0 Å². The predicted molar refractivity (Wildman–Crippen MR) is 82.9 cm³/mol. The molecule has 0 aromatic heterocycles. The molecule has 0 aliphatic rings. The van der Waals surface area contributed by atoms with Gasteiger partial charge in [0.25, 0.3) is 5.91 Å². The van der Waals surface area contributed by atoms with E-state index in [4.69, 9.17) is 0 Å². The number of amides is 1. The van der Waals surface area contributed by atoms with Gasteiger partial charge in [0, 0.05) is 14.8 Å². The number of rotatable bonds is 3. The first-order chi connectivity index (χ1) is 8.70. The highest BCUT2D eigenvalue weighted by atomic mass is 127. The van der Waals surface area contributed by atoms with Crippen LogP contribution in [0.5, 0.6) is 0 Å². The molecule has 92 valence electrons. The van der Waals surface area contributed by atoms with Crippen LogP contribution in [0.25, 0.3) is 0 Å². The maximum Gasteiger partial charge on any atom is 0.255 e. The van der Waals surface area contributed by atoms with Crippen LogP contribution >= 0.6 is 22.6 Å². The number of carbonyl (C=O) groups is 1. The van der Waals surface area contributed by atoms with Gasteiger partial charge in [0.2, 0.25) is 0 Å². The molecule has 2 aromatic carbocycles. The van der Waals surface area contributed by atoms with E-state index in [0.717, 1.165) is 21.2 Å². The summed E-state index contributed by atoms with van der Waals surface area (Å²) in [6.07, 6.45) is 0.906. The van der Waals surface area contributed by atoms with Crippen LogP contribution in [-0.4, -0.2) is 5.91 Å². The molecule has 3 heteroatoms. The maximum absolute atomic E-state index is 12.1. The minimum atomic E-state index is -0.0607. The Bertz CT molecular complexity index is 566. The second-order valence-corrected chi connectivity index (χ2v) is 5.22. The number of hydrogen-bond donors (Lipinski definition) is 1. The van der Waals surface area contributed by atoms with Gasteiger partial charge in [0.05, 0.1) is 0 Å². The number of nitrogens with one attached hydrogen (secondary N) is 1. The smallest absolute Gasteiger partial charge is 0.255 e. The minimum Gasteiger partial charge on any atom is -0.322 e. The highest BCUT2D eigenvalue weighted by Gasteiger charge is 2.08. The lowest BCUT2D eigenvalue weighted by molar-refractivity contribution is 0.102. The third-order valence-corrected chi connectivity index (χ3v) is 3.40. The van der Waals surface area contributed by atoms with E-state index in [2.05, 4.69) is 34.8 Å². The van der Waals surface area contributed by atoms with Crippen LogP contribution in [0.3, 0.4) is 0 Å². The molecular weight excluding hydrogens is 337 g/mol. The number of aryl methyl sites for hydroxylation is 1. The van der Waals surface area contributed by atoms with E-state index in [1.807, 2.05) is 48.5 Å². The summed E-state index contributed by atoms with van der Waals surface area (Å²) in [6.45, 7) is 2.08. The Morgan fingerprint density at radius 3 is 2.67 bits per heavy atom. The first-order valence-corrected chi connectivity index (χ1v) is 6.93. The van der Waals surface area contributed by atoms with Gasteiger partial charge in [0.1, 0.15) is 0 Å². The van der Waals surface area contributed by atoms with E-state index >= 15 is 0 Å². The molecule has 0 unspecified atom stereocenters. The third kappa shape index (κ3) is 3.10. The highest BCUT2D eigenvalue weighted by Crippen LogP contribution is 2.17. The summed E-state index contributed by atoms with van der Waals surface area (Å²) < 4.78 is 1.06. The number of hydrogen-bond acceptors (Lipinski definition) is 1. The zero-order chi connectivity index (χ0) is 13.0. The first kappa shape index (κ1) is 13.1. The van der Waals surface area contributed by atoms with Crippen molar-refractivity contribution in [3.8, 4) is 0 Å². The predicted octanol–water partition coefficient (Wildman–Crippen LogP) is 4.11. The van der Waals surface area contributed by atoms with Crippen molar-refractivity contribution in [1.29, 1.82) is 0 Å². The van der Waals surface area contributed by atoms with Crippen molar-refractivity contribution < 1.29 is 4.79 Å². The number of carbonyl (C=O) groups excluding carboxylic acids is 1. The summed E-state index contributed by atoms with van der Waals surface area (Å²) in [6, 6.07) is 15.5. The van der Waals surface area contributed by atoms with Crippen LogP contribution in [0.4, 0.5) is 5.69 Å². The Kier molecular flexibility index (Phi) is 4.36. The fourth-order valence-electron chi connectivity index (χ4n) is 1.77. The molecule has 1 amide bonds. The quantitative estimate of drug-likeness (QED) is 0.829. The molecule has 0 heterocycles. The molecule has 0 atom stereocenters. The standard InChI is InChI=1S/C15H14INO/c1-2-11-6-3-4-9-14(11)17-15(18)12-7-5-8-13(16)10-12/h3-10H,2H2,1H3,(H,17,18). The van der Waals surface area contributed by atoms with Crippen molar-refractivity contribution in [2.24, 2.45) is 0 Å². The van der Waals surface area contributed by atoms with Crippen LogP contribution in [-0.2, 0) is 6.42 Å². The van der Waals surface area contributed by atoms with Crippen molar-refractivity contribution in [3.63, 3.8) is 0 Å². The van der Waals surface area contributed by atoms with Gasteiger partial charge in [-0.05, 0) is 58.8 Å². The van der Waals surface area contributed by atoms with Gasteiger partial charge in [-0.25, -0.2) is 0 Å². The molecule has 0 aliphatic carbocycles. The topological polar surface area (TPSA) is 29.1 Å². The number of benzene rings is 2. The fourth-order valence-corrected chi connectivity index (χ4v) is 2.32. The average Bonchev–Trinajstić information content (AvgIpc) is 2.39. The SMILES string of the molecule is CCc1ccccc1NC(=O)c1cccc(I)c1. The average molecular weight is 351 g/mol. The highest BCUT2D eigenvalue weighted by molar-refractivity contribution is 14.1. The van der Waals surface area contributed by atoms with E-state index in [1.54, 1.807) is 0 Å². The zero-order valence-electron chi connectivity index (χ0n) is 10.1. The van der Waals surface area contributed by atoms with Crippen LogP contribution in [0.1, 0.15) is 22.8 Å². The molecule has 2 nitrogen and oxygen atoms in total. The van der Waals surface area contributed by atoms with E-state index in [0.29, 0.717) is 5.56 Å². The van der Waals surface area contributed by atoms with Crippen LogP contribution in [0.15, 0.2) is 48.5 Å². The van der Waals surface area contributed by atoms with Gasteiger partial charge < -0.3 is 5.32 Å². The maximum atomic E-state index is 12.1. The second kappa shape index (κ2) is 6.00. The molecule has 0 saturated heterocycles. The third-order valence-electron chi connectivity index (χ3n) is 2.73. The van der Waals surface area contributed by atoms with Crippen molar-refractivity contribution >= 4 is 34.2 Å². The minimum absolute atomic E-state index is 0.0607. The van der Waals surface area contributed by atoms with Gasteiger partial charge in [-0.15, -0.1) is 0 Å². The van der Waals surface area contributed by atoms with Gasteiger partial charge in [0.15, 0.2) is 0 Å². The van der Waals surface area contributed by atoms with Gasteiger partial charge in [-0.2, -0.15) is 0 Å². The lowest BCUT2D eigenvalue weighted by atomic mass is 10.1. The largest absolute Gasteiger partial charge is 0.322 e. The molecule has 1 N–H and O–H groups in total. The number of para-hydroxylation sites is 1. The van der Waals surface area contributed by atoms with Crippen LogP contribution < -0.4 is 5.32 Å². The molecular formula is C15H14INO. The van der Waals surface area contributed by atoms with Crippen molar-refractivity contribution in [2.75, 3.05) is 5.32 Å². The molecule has 2 aromatic rings. The lowest BCUT2D eigenvalue weighted by Gasteiger charge is -2.09. The molecule has 18 heavy (non-hydrogen) atoms. The summed E-state index contributed by atoms with van der Waals surface area (Å²) >= 11 is 2.20. The summed E-state index contributed by atoms with van der Waals surface area (Å²) in [7, 11) is 0. The number of halogens is 1. The fraction of sp³-hybridized carbons (Fsp3) is 0.133. The van der Waals surface area contributed by atoms with Crippen LogP contribution in [0, 0.1) is 3.57 Å². The Hall–Kier alpha value is -1.36. The lowest BCUT2D eigenvalue weighted by Crippen LogP contribution is -2.13. The molecule has 0 bridgehead atoms. The van der Waals surface area contributed by atoms with Crippen molar-refractivity contribution in [2.45, 2.75) is 13.3 Å². The molecule has 0 fully saturated rings. The van der Waals surface area contributed by atoms with Gasteiger partial charge in [-0.3, -0.25) is 4.79 Å². The normalized spacial score (nSPS) is 10.1. The summed E-state index contributed by atoms with van der Waals surface area (Å²) in [5, 5.41) is 2.96. The Morgan fingerprint density at radius 2 is 1.94 bits per heavy atom. The van der Waals surface area contributed by atoms with Crippen molar-refractivity contribution in [3.05, 3.63) is 63.2 Å². The molecule has 0 radical (unpaired) electrons. The summed E-state index contributed by atoms with van der Waals surface area (Å²) in [4.78, 5) is 12.1.